The van der Waals surface area contributed by atoms with E-state index in [0.717, 1.165) is 5.56 Å². The Morgan fingerprint density at radius 1 is 0.853 bits per heavy atom. The topological polar surface area (TPSA) is 89.0 Å². The molecule has 1 heterocycles. The van der Waals surface area contributed by atoms with Crippen molar-refractivity contribution >= 4 is 46.1 Å². The maximum atomic E-state index is 12.9. The number of amides is 2. The molecule has 4 rings (SSSR count). The molecule has 0 radical (unpaired) electrons. The van der Waals surface area contributed by atoms with Crippen LogP contribution in [0.15, 0.2) is 94.1 Å². The lowest BCUT2D eigenvalue weighted by molar-refractivity contribution is -0.117. The summed E-state index contributed by atoms with van der Waals surface area (Å²) in [6.45, 7) is 0.140. The Morgan fingerprint density at radius 3 is 2.32 bits per heavy atom. The maximum Gasteiger partial charge on any atom is 0.287 e. The molecular formula is C26H20BrN3O4. The van der Waals surface area contributed by atoms with Crippen LogP contribution in [0, 0.1) is 0 Å². The molecule has 0 atom stereocenters. The molecule has 3 aromatic carbocycles. The van der Waals surface area contributed by atoms with Crippen LogP contribution < -0.4 is 20.2 Å². The van der Waals surface area contributed by atoms with E-state index in [9.17, 15) is 9.59 Å². The lowest BCUT2D eigenvalue weighted by Gasteiger charge is -2.09. The van der Waals surface area contributed by atoms with Crippen molar-refractivity contribution in [2.45, 2.75) is 0 Å². The molecule has 3 aromatic rings. The Labute approximate surface area is 204 Å². The molecule has 2 amide bonds. The number of hydrazone groups is 1. The lowest BCUT2D eigenvalue weighted by Crippen LogP contribution is -2.32. The van der Waals surface area contributed by atoms with Gasteiger partial charge in [-0.05, 0) is 63.5 Å². The van der Waals surface area contributed by atoms with Gasteiger partial charge in [0.05, 0.1) is 6.21 Å². The molecule has 1 aliphatic heterocycles. The second-order valence-corrected chi connectivity index (χ2v) is 8.05. The van der Waals surface area contributed by atoms with Gasteiger partial charge in [0.25, 0.3) is 11.8 Å². The van der Waals surface area contributed by atoms with Crippen LogP contribution in [0.4, 0.5) is 0 Å². The predicted octanol–water partition coefficient (Wildman–Crippen LogP) is 4.72. The Hall–Kier alpha value is -4.17. The van der Waals surface area contributed by atoms with Crippen LogP contribution in [0.5, 0.6) is 11.5 Å². The van der Waals surface area contributed by atoms with E-state index >= 15 is 0 Å². The smallest absolute Gasteiger partial charge is 0.287 e. The highest BCUT2D eigenvalue weighted by Gasteiger charge is 2.16. The standard InChI is InChI=1S/C26H20BrN3O4/c27-21(13-18-7-3-1-4-8-18)16-28-30-26(32)22(29-25(31)20-9-5-2-6-10-20)14-19-11-12-23-24(15-19)34-17-33-23/h1-16H,17H2,(H,29,31)(H,30,32)/b21-13-,22-14+,28-16+. The quantitative estimate of drug-likeness (QED) is 0.269. The molecule has 0 spiro atoms. The largest absolute Gasteiger partial charge is 0.454 e. The average molecular weight is 518 g/mol. The van der Waals surface area contributed by atoms with Crippen molar-refractivity contribution in [2.24, 2.45) is 5.10 Å². The number of allylic oxidation sites excluding steroid dienone is 1. The molecule has 0 unspecified atom stereocenters. The van der Waals surface area contributed by atoms with Gasteiger partial charge in [0.2, 0.25) is 6.79 Å². The molecule has 0 bridgehead atoms. The SMILES string of the molecule is O=C(N/N=C/C(Br)=C/c1ccccc1)/C(=C\c1ccc2c(c1)OCO2)NC(=O)c1ccccc1. The number of benzene rings is 3. The van der Waals surface area contributed by atoms with Crippen molar-refractivity contribution in [3.05, 3.63) is 106 Å². The third-order valence-electron chi connectivity index (χ3n) is 4.69. The molecule has 170 valence electrons. The van der Waals surface area contributed by atoms with Gasteiger partial charge in [-0.3, -0.25) is 9.59 Å². The minimum atomic E-state index is -0.585. The van der Waals surface area contributed by atoms with Crippen molar-refractivity contribution in [2.75, 3.05) is 6.79 Å². The van der Waals surface area contributed by atoms with Crippen molar-refractivity contribution in [3.8, 4) is 11.5 Å². The maximum absolute atomic E-state index is 12.9. The molecule has 0 saturated carbocycles. The number of halogens is 1. The van der Waals surface area contributed by atoms with Gasteiger partial charge in [0.1, 0.15) is 5.70 Å². The second-order valence-electron chi connectivity index (χ2n) is 7.13. The number of nitrogens with one attached hydrogen (secondary N) is 2. The van der Waals surface area contributed by atoms with Gasteiger partial charge in [-0.2, -0.15) is 5.10 Å². The van der Waals surface area contributed by atoms with Gasteiger partial charge in [0, 0.05) is 10.0 Å². The number of carbonyl (C=O) groups excluding carboxylic acids is 2. The van der Waals surface area contributed by atoms with Crippen LogP contribution >= 0.6 is 15.9 Å². The van der Waals surface area contributed by atoms with E-state index in [4.69, 9.17) is 9.47 Å². The average Bonchev–Trinajstić information content (AvgIpc) is 3.32. The molecule has 0 aromatic heterocycles. The van der Waals surface area contributed by atoms with Crippen molar-refractivity contribution in [1.82, 2.24) is 10.7 Å². The number of rotatable bonds is 7. The highest BCUT2D eigenvalue weighted by molar-refractivity contribution is 9.12. The number of carbonyl (C=O) groups is 2. The first kappa shape index (κ1) is 23.0. The minimum absolute atomic E-state index is 0.0213. The lowest BCUT2D eigenvalue weighted by atomic mass is 10.1. The molecule has 1 aliphatic rings. The van der Waals surface area contributed by atoms with Gasteiger partial charge in [0.15, 0.2) is 11.5 Å². The van der Waals surface area contributed by atoms with Crippen molar-refractivity contribution in [1.29, 1.82) is 0 Å². The predicted molar refractivity (Wildman–Crippen MR) is 134 cm³/mol. The minimum Gasteiger partial charge on any atom is -0.454 e. The van der Waals surface area contributed by atoms with E-state index in [2.05, 4.69) is 31.8 Å². The van der Waals surface area contributed by atoms with E-state index in [0.29, 0.717) is 27.1 Å². The first-order valence-corrected chi connectivity index (χ1v) is 11.1. The third-order valence-corrected chi connectivity index (χ3v) is 5.13. The van der Waals surface area contributed by atoms with Crippen LogP contribution in [0.25, 0.3) is 12.2 Å². The summed E-state index contributed by atoms with van der Waals surface area (Å²) in [5.74, 6) is 0.183. The molecule has 0 saturated heterocycles. The zero-order valence-corrected chi connectivity index (χ0v) is 19.5. The third kappa shape index (κ3) is 6.20. The van der Waals surface area contributed by atoms with Gasteiger partial charge in [-0.25, -0.2) is 5.43 Å². The van der Waals surface area contributed by atoms with Crippen LogP contribution in [0.3, 0.4) is 0 Å². The number of hydrogen-bond donors (Lipinski definition) is 2. The summed E-state index contributed by atoms with van der Waals surface area (Å²) in [5, 5.41) is 6.66. The fourth-order valence-corrected chi connectivity index (χ4v) is 3.44. The number of fused-ring (bicyclic) bond motifs is 1. The number of nitrogens with zero attached hydrogens (tertiary/aromatic N) is 1. The monoisotopic (exact) mass is 517 g/mol. The van der Waals surface area contributed by atoms with E-state index in [1.807, 2.05) is 42.5 Å². The summed E-state index contributed by atoms with van der Waals surface area (Å²) in [6.07, 6.45) is 4.86. The van der Waals surface area contributed by atoms with Crippen molar-refractivity contribution < 1.29 is 19.1 Å². The van der Waals surface area contributed by atoms with Crippen LogP contribution in [-0.2, 0) is 4.79 Å². The first-order valence-electron chi connectivity index (χ1n) is 10.3. The summed E-state index contributed by atoms with van der Waals surface area (Å²) in [5.41, 5.74) is 4.52. The van der Waals surface area contributed by atoms with Gasteiger partial charge < -0.3 is 14.8 Å². The molecule has 0 aliphatic carbocycles. The van der Waals surface area contributed by atoms with E-state index in [1.54, 1.807) is 48.5 Å². The van der Waals surface area contributed by atoms with Crippen LogP contribution in [-0.4, -0.2) is 24.8 Å². The number of hydrogen-bond acceptors (Lipinski definition) is 5. The highest BCUT2D eigenvalue weighted by atomic mass is 79.9. The summed E-state index contributed by atoms with van der Waals surface area (Å²) in [6, 6.07) is 23.5. The Morgan fingerprint density at radius 2 is 1.56 bits per heavy atom. The Kier molecular flexibility index (Phi) is 7.52. The summed E-state index contributed by atoms with van der Waals surface area (Å²) < 4.78 is 11.4. The normalized spacial score (nSPS) is 13.1. The fraction of sp³-hybridized carbons (Fsp3) is 0.0385. The Balaban J connectivity index is 1.52. The van der Waals surface area contributed by atoms with E-state index in [-0.39, 0.29) is 12.5 Å². The van der Waals surface area contributed by atoms with Crippen molar-refractivity contribution in [3.63, 3.8) is 0 Å². The van der Waals surface area contributed by atoms with Crippen LogP contribution in [0.1, 0.15) is 21.5 Å². The van der Waals surface area contributed by atoms with Gasteiger partial charge in [-0.1, -0.05) is 54.6 Å². The summed E-state index contributed by atoms with van der Waals surface area (Å²) in [4.78, 5) is 25.6. The molecule has 0 fully saturated rings. The second kappa shape index (κ2) is 11.1. The fourth-order valence-electron chi connectivity index (χ4n) is 3.07. The molecular weight excluding hydrogens is 498 g/mol. The zero-order valence-electron chi connectivity index (χ0n) is 17.9. The Bertz CT molecular complexity index is 1270. The van der Waals surface area contributed by atoms with Gasteiger partial charge in [-0.15, -0.1) is 0 Å². The van der Waals surface area contributed by atoms with E-state index < -0.39 is 11.8 Å². The molecule has 8 heteroatoms. The summed E-state index contributed by atoms with van der Waals surface area (Å²) in [7, 11) is 0. The molecule has 2 N–H and O–H groups in total. The van der Waals surface area contributed by atoms with Crippen LogP contribution in [0.2, 0.25) is 0 Å². The summed E-state index contributed by atoms with van der Waals surface area (Å²) >= 11 is 3.41. The van der Waals surface area contributed by atoms with E-state index in [1.165, 1.54) is 6.21 Å². The van der Waals surface area contributed by atoms with Gasteiger partial charge >= 0.3 is 0 Å². The molecule has 34 heavy (non-hydrogen) atoms. The molecule has 7 nitrogen and oxygen atoms in total. The first-order chi connectivity index (χ1) is 16.6. The number of ether oxygens (including phenoxy) is 2. The zero-order chi connectivity index (χ0) is 23.8. The highest BCUT2D eigenvalue weighted by Crippen LogP contribution is 2.33.